The van der Waals surface area contributed by atoms with Crippen LogP contribution in [0.25, 0.3) is 11.1 Å². The van der Waals surface area contributed by atoms with E-state index in [1.807, 2.05) is 24.3 Å². The summed E-state index contributed by atoms with van der Waals surface area (Å²) in [5.74, 6) is -1.27. The van der Waals surface area contributed by atoms with Crippen LogP contribution in [0.1, 0.15) is 49.1 Å². The van der Waals surface area contributed by atoms with Crippen LogP contribution in [0.5, 0.6) is 0 Å². The van der Waals surface area contributed by atoms with Gasteiger partial charge in [0.2, 0.25) is 5.91 Å². The monoisotopic (exact) mass is 450 g/mol. The molecule has 2 amide bonds. The SMILES string of the molecule is O=C(O)CCNC(=O)C1CCCCC1CNC(=O)OCC1c2ccccc2-c2ccccc21. The Labute approximate surface area is 193 Å². The Morgan fingerprint density at radius 1 is 0.909 bits per heavy atom. The van der Waals surface area contributed by atoms with Crippen LogP contribution >= 0.6 is 0 Å². The summed E-state index contributed by atoms with van der Waals surface area (Å²) in [6.45, 7) is 0.745. The molecule has 2 atom stereocenters. The summed E-state index contributed by atoms with van der Waals surface area (Å²) >= 11 is 0. The number of carboxylic acids is 1. The number of amides is 2. The zero-order valence-corrected chi connectivity index (χ0v) is 18.6. The standard InChI is InChI=1S/C26H30N2O5/c29-24(30)13-14-27-25(31)18-8-2-1-7-17(18)15-28-26(32)33-16-23-21-11-5-3-9-19(21)20-10-4-6-12-22(20)23/h3-6,9-12,17-18,23H,1-2,7-8,13-16H2,(H,27,31)(H,28,32)(H,29,30). The molecule has 1 saturated carbocycles. The first-order chi connectivity index (χ1) is 16.0. The summed E-state index contributed by atoms with van der Waals surface area (Å²) in [6, 6.07) is 16.4. The minimum atomic E-state index is -0.938. The van der Waals surface area contributed by atoms with Crippen molar-refractivity contribution in [2.45, 2.75) is 38.0 Å². The van der Waals surface area contributed by atoms with Gasteiger partial charge in [-0.3, -0.25) is 9.59 Å². The van der Waals surface area contributed by atoms with Crippen LogP contribution in [0.3, 0.4) is 0 Å². The summed E-state index contributed by atoms with van der Waals surface area (Å²) in [5, 5.41) is 14.3. The minimum Gasteiger partial charge on any atom is -0.481 e. The molecule has 1 fully saturated rings. The third-order valence-electron chi connectivity index (χ3n) is 6.74. The lowest BCUT2D eigenvalue weighted by Crippen LogP contribution is -2.42. The topological polar surface area (TPSA) is 105 Å². The molecule has 0 heterocycles. The van der Waals surface area contributed by atoms with Crippen LogP contribution in [0.4, 0.5) is 4.79 Å². The van der Waals surface area contributed by atoms with Crippen LogP contribution in [0.15, 0.2) is 48.5 Å². The summed E-state index contributed by atoms with van der Waals surface area (Å²) in [5.41, 5.74) is 4.69. The number of carbonyl (C=O) groups is 3. The highest BCUT2D eigenvalue weighted by Crippen LogP contribution is 2.44. The number of hydrogen-bond donors (Lipinski definition) is 3. The Kier molecular flexibility index (Phi) is 7.27. The van der Waals surface area contributed by atoms with E-state index in [9.17, 15) is 14.4 Å². The van der Waals surface area contributed by atoms with E-state index in [-0.39, 0.29) is 43.2 Å². The van der Waals surface area contributed by atoms with E-state index in [1.54, 1.807) is 0 Å². The van der Waals surface area contributed by atoms with Gasteiger partial charge in [0.15, 0.2) is 0 Å². The van der Waals surface area contributed by atoms with Crippen molar-refractivity contribution >= 4 is 18.0 Å². The molecule has 2 aromatic rings. The molecule has 2 aromatic carbocycles. The van der Waals surface area contributed by atoms with Crippen LogP contribution in [0, 0.1) is 11.8 Å². The molecule has 4 rings (SSSR count). The second-order valence-electron chi connectivity index (χ2n) is 8.79. The molecule has 3 N–H and O–H groups in total. The molecule has 2 aliphatic carbocycles. The quantitative estimate of drug-likeness (QED) is 0.565. The minimum absolute atomic E-state index is 0.00518. The number of fused-ring (bicyclic) bond motifs is 3. The highest BCUT2D eigenvalue weighted by Gasteiger charge is 2.32. The zero-order valence-electron chi connectivity index (χ0n) is 18.6. The van der Waals surface area contributed by atoms with Crippen molar-refractivity contribution in [3.8, 4) is 11.1 Å². The zero-order chi connectivity index (χ0) is 23.2. The Morgan fingerprint density at radius 2 is 1.55 bits per heavy atom. The number of nitrogens with one attached hydrogen (secondary N) is 2. The number of rotatable bonds is 8. The second-order valence-corrected chi connectivity index (χ2v) is 8.79. The molecule has 0 bridgehead atoms. The number of benzene rings is 2. The van der Waals surface area contributed by atoms with Gasteiger partial charge in [-0.2, -0.15) is 0 Å². The van der Waals surface area contributed by atoms with Crippen molar-refractivity contribution < 1.29 is 24.2 Å². The van der Waals surface area contributed by atoms with Crippen molar-refractivity contribution in [2.24, 2.45) is 11.8 Å². The van der Waals surface area contributed by atoms with Gasteiger partial charge < -0.3 is 20.5 Å². The molecule has 2 aliphatic rings. The fourth-order valence-electron chi connectivity index (χ4n) is 5.08. The lowest BCUT2D eigenvalue weighted by molar-refractivity contribution is -0.137. The third kappa shape index (κ3) is 5.35. The van der Waals surface area contributed by atoms with Gasteiger partial charge in [-0.15, -0.1) is 0 Å². The number of aliphatic carboxylic acids is 1. The molecule has 2 unspecified atom stereocenters. The number of ether oxygens (including phenoxy) is 1. The van der Waals surface area contributed by atoms with Crippen LogP contribution in [0.2, 0.25) is 0 Å². The maximum absolute atomic E-state index is 12.5. The van der Waals surface area contributed by atoms with E-state index >= 15 is 0 Å². The Morgan fingerprint density at radius 3 is 2.21 bits per heavy atom. The molecule has 174 valence electrons. The van der Waals surface area contributed by atoms with E-state index in [0.717, 1.165) is 36.8 Å². The first kappa shape index (κ1) is 22.8. The van der Waals surface area contributed by atoms with Crippen molar-refractivity contribution in [1.29, 1.82) is 0 Å². The van der Waals surface area contributed by atoms with E-state index < -0.39 is 12.1 Å². The second kappa shape index (κ2) is 10.5. The smallest absolute Gasteiger partial charge is 0.407 e. The normalized spacial score (nSPS) is 19.3. The van der Waals surface area contributed by atoms with Crippen LogP contribution in [-0.4, -0.2) is 42.8 Å². The average Bonchev–Trinajstić information content (AvgIpc) is 3.15. The van der Waals surface area contributed by atoms with E-state index in [4.69, 9.17) is 9.84 Å². The molecule has 0 radical (unpaired) electrons. The van der Waals surface area contributed by atoms with Gasteiger partial charge in [-0.25, -0.2) is 4.79 Å². The van der Waals surface area contributed by atoms with Crippen LogP contribution in [-0.2, 0) is 14.3 Å². The maximum Gasteiger partial charge on any atom is 0.407 e. The van der Waals surface area contributed by atoms with Gasteiger partial charge in [0.05, 0.1) is 6.42 Å². The van der Waals surface area contributed by atoms with E-state index in [0.29, 0.717) is 6.54 Å². The number of alkyl carbamates (subject to hydrolysis) is 1. The molecule has 33 heavy (non-hydrogen) atoms. The van der Waals surface area contributed by atoms with Crippen molar-refractivity contribution in [3.63, 3.8) is 0 Å². The van der Waals surface area contributed by atoms with E-state index in [1.165, 1.54) is 11.1 Å². The van der Waals surface area contributed by atoms with Crippen molar-refractivity contribution in [1.82, 2.24) is 10.6 Å². The number of carbonyl (C=O) groups excluding carboxylic acids is 2. The fraction of sp³-hybridized carbons (Fsp3) is 0.423. The fourth-order valence-corrected chi connectivity index (χ4v) is 5.08. The molecule has 0 spiro atoms. The molecule has 7 nitrogen and oxygen atoms in total. The highest BCUT2D eigenvalue weighted by atomic mass is 16.5. The summed E-state index contributed by atoms with van der Waals surface area (Å²) < 4.78 is 5.60. The highest BCUT2D eigenvalue weighted by molar-refractivity contribution is 5.80. The Hall–Kier alpha value is -3.35. The van der Waals surface area contributed by atoms with Crippen molar-refractivity contribution in [3.05, 3.63) is 59.7 Å². The number of hydrogen-bond acceptors (Lipinski definition) is 4. The van der Waals surface area contributed by atoms with Gasteiger partial charge in [0, 0.05) is 24.9 Å². The summed E-state index contributed by atoms with van der Waals surface area (Å²) in [4.78, 5) is 35.7. The van der Waals surface area contributed by atoms with Gasteiger partial charge in [-0.1, -0.05) is 61.4 Å². The summed E-state index contributed by atoms with van der Waals surface area (Å²) in [7, 11) is 0. The molecular formula is C26H30N2O5. The van der Waals surface area contributed by atoms with Gasteiger partial charge in [0.1, 0.15) is 6.61 Å². The van der Waals surface area contributed by atoms with Gasteiger partial charge in [-0.05, 0) is 41.0 Å². The molecular weight excluding hydrogens is 420 g/mol. The predicted octanol–water partition coefficient (Wildman–Crippen LogP) is 3.92. The molecule has 0 saturated heterocycles. The molecule has 0 aromatic heterocycles. The number of carboxylic acid groups (broad SMARTS) is 1. The van der Waals surface area contributed by atoms with E-state index in [2.05, 4.69) is 34.9 Å². The lowest BCUT2D eigenvalue weighted by atomic mass is 9.78. The lowest BCUT2D eigenvalue weighted by Gasteiger charge is -2.30. The first-order valence-corrected chi connectivity index (χ1v) is 11.6. The van der Waals surface area contributed by atoms with Crippen LogP contribution < -0.4 is 10.6 Å². The molecule has 7 heteroatoms. The van der Waals surface area contributed by atoms with Gasteiger partial charge in [0.25, 0.3) is 0 Å². The third-order valence-corrected chi connectivity index (χ3v) is 6.74. The largest absolute Gasteiger partial charge is 0.481 e. The Bertz CT molecular complexity index is 976. The maximum atomic E-state index is 12.5. The molecule has 0 aliphatic heterocycles. The Balaban J connectivity index is 1.30. The first-order valence-electron chi connectivity index (χ1n) is 11.6. The predicted molar refractivity (Wildman–Crippen MR) is 124 cm³/mol. The van der Waals surface area contributed by atoms with Gasteiger partial charge >= 0.3 is 12.1 Å². The van der Waals surface area contributed by atoms with Crippen molar-refractivity contribution in [2.75, 3.05) is 19.7 Å². The summed E-state index contributed by atoms with van der Waals surface area (Å²) in [6.07, 6.45) is 2.99. The average molecular weight is 451 g/mol.